The molecule has 0 bridgehead atoms. The lowest BCUT2D eigenvalue weighted by molar-refractivity contribution is -0.120. The minimum atomic E-state index is -0.787. The molecule has 1 N–H and O–H groups in total. The van der Waals surface area contributed by atoms with Crippen molar-refractivity contribution in [1.29, 1.82) is 0 Å². The van der Waals surface area contributed by atoms with Gasteiger partial charge in [0.2, 0.25) is 11.6 Å². The smallest absolute Gasteiger partial charge is 0.361 e. The second kappa shape index (κ2) is 12.4. The van der Waals surface area contributed by atoms with E-state index in [0.717, 1.165) is 10.5 Å². The predicted molar refractivity (Wildman–Crippen MR) is 148 cm³/mol. The van der Waals surface area contributed by atoms with Crippen LogP contribution in [0.2, 0.25) is 0 Å². The number of carbonyl (C=O) groups excluding carboxylic acids is 3. The van der Waals surface area contributed by atoms with Crippen LogP contribution in [-0.2, 0) is 20.8 Å². The van der Waals surface area contributed by atoms with E-state index in [9.17, 15) is 14.4 Å². The van der Waals surface area contributed by atoms with Crippen molar-refractivity contribution < 1.29 is 23.9 Å². The normalized spacial score (nSPS) is 17.3. The summed E-state index contributed by atoms with van der Waals surface area (Å²) in [5.74, 6) is -1.29. The molecule has 1 aromatic heterocycles. The number of ether oxygens (including phenoxy) is 2. The van der Waals surface area contributed by atoms with Crippen molar-refractivity contribution in [2.24, 2.45) is 0 Å². The molecule has 2 aromatic carbocycles. The van der Waals surface area contributed by atoms with Crippen molar-refractivity contribution in [2.75, 3.05) is 32.3 Å². The molecule has 10 nitrogen and oxygen atoms in total. The molecule has 0 aliphatic carbocycles. The highest BCUT2D eigenvalue weighted by Crippen LogP contribution is 2.32. The lowest BCUT2D eigenvalue weighted by Gasteiger charge is -2.24. The van der Waals surface area contributed by atoms with Gasteiger partial charge in [0.25, 0.3) is 0 Å². The van der Waals surface area contributed by atoms with E-state index >= 15 is 0 Å². The Morgan fingerprint density at radius 2 is 1.79 bits per heavy atom. The fourth-order valence-corrected chi connectivity index (χ4v) is 5.20. The highest BCUT2D eigenvalue weighted by molar-refractivity contribution is 7.98. The van der Waals surface area contributed by atoms with Gasteiger partial charge in [-0.3, -0.25) is 9.69 Å². The third-order valence-electron chi connectivity index (χ3n) is 6.85. The maximum absolute atomic E-state index is 13.6. The van der Waals surface area contributed by atoms with E-state index in [1.54, 1.807) is 11.8 Å². The first-order chi connectivity index (χ1) is 18.7. The molecule has 11 heteroatoms. The van der Waals surface area contributed by atoms with Crippen LogP contribution in [0.5, 0.6) is 0 Å². The standard InChI is InChI=1S/C28H33N5O5S/c1-17(2)19-11-9-18(10-12-19)15-32-16-21(33-25(28(36)38-4)24(30-31-33)27(35)37-3)14-23(32)26(34)29-20-7-6-8-22(13-20)39-5/h6-13,17,21,23H,14-16H2,1-5H3,(H,29,34)/t21-,23-/m0/s1. The minimum Gasteiger partial charge on any atom is -0.464 e. The van der Waals surface area contributed by atoms with Crippen molar-refractivity contribution in [3.8, 4) is 0 Å². The zero-order valence-corrected chi connectivity index (χ0v) is 23.5. The zero-order valence-electron chi connectivity index (χ0n) is 22.7. The Balaban J connectivity index is 1.65. The number of benzene rings is 2. The van der Waals surface area contributed by atoms with E-state index in [0.29, 0.717) is 31.1 Å². The largest absolute Gasteiger partial charge is 0.464 e. The molecule has 4 rings (SSSR count). The SMILES string of the molecule is COC(=O)c1nnn([C@H]2C[C@@H](C(=O)Nc3cccc(SC)c3)N(Cc3ccc(C(C)C)cc3)C2)c1C(=O)OC. The summed E-state index contributed by atoms with van der Waals surface area (Å²) in [5.41, 5.74) is 2.69. The van der Waals surface area contributed by atoms with Gasteiger partial charge in [0.1, 0.15) is 0 Å². The second-order valence-corrected chi connectivity index (χ2v) is 10.5. The molecule has 2 atom stereocenters. The van der Waals surface area contributed by atoms with Crippen LogP contribution in [-0.4, -0.2) is 70.8 Å². The number of nitrogens with zero attached hydrogens (tertiary/aromatic N) is 4. The molecule has 0 spiro atoms. The average Bonchev–Trinajstić information content (AvgIpc) is 3.57. The van der Waals surface area contributed by atoms with Gasteiger partial charge in [0.15, 0.2) is 5.69 Å². The monoisotopic (exact) mass is 551 g/mol. The van der Waals surface area contributed by atoms with Crippen molar-refractivity contribution in [1.82, 2.24) is 19.9 Å². The van der Waals surface area contributed by atoms with E-state index < -0.39 is 24.0 Å². The Morgan fingerprint density at radius 3 is 2.44 bits per heavy atom. The second-order valence-electron chi connectivity index (χ2n) is 9.67. The molecule has 1 saturated heterocycles. The summed E-state index contributed by atoms with van der Waals surface area (Å²) < 4.78 is 11.1. The molecule has 39 heavy (non-hydrogen) atoms. The van der Waals surface area contributed by atoms with Gasteiger partial charge in [-0.2, -0.15) is 0 Å². The number of nitrogens with one attached hydrogen (secondary N) is 1. The number of anilines is 1. The molecule has 0 radical (unpaired) electrons. The number of hydrogen-bond acceptors (Lipinski definition) is 9. The molecular formula is C28H33N5O5S. The van der Waals surface area contributed by atoms with Crippen LogP contribution in [0.25, 0.3) is 0 Å². The van der Waals surface area contributed by atoms with Gasteiger partial charge in [-0.25, -0.2) is 14.3 Å². The summed E-state index contributed by atoms with van der Waals surface area (Å²) in [4.78, 5) is 41.6. The Hall–Kier alpha value is -3.70. The van der Waals surface area contributed by atoms with Gasteiger partial charge in [0, 0.05) is 23.7 Å². The van der Waals surface area contributed by atoms with Gasteiger partial charge >= 0.3 is 11.9 Å². The average molecular weight is 552 g/mol. The number of carbonyl (C=O) groups is 3. The predicted octanol–water partition coefficient (Wildman–Crippen LogP) is 4.15. The lowest BCUT2D eigenvalue weighted by Crippen LogP contribution is -2.39. The quantitative estimate of drug-likeness (QED) is 0.309. The minimum absolute atomic E-state index is 0.0932. The molecule has 1 aliphatic heterocycles. The van der Waals surface area contributed by atoms with Crippen molar-refractivity contribution in [3.63, 3.8) is 0 Å². The Morgan fingerprint density at radius 1 is 1.08 bits per heavy atom. The van der Waals surface area contributed by atoms with Crippen LogP contribution in [0, 0.1) is 0 Å². The van der Waals surface area contributed by atoms with Gasteiger partial charge in [-0.05, 0) is 47.9 Å². The van der Waals surface area contributed by atoms with Gasteiger partial charge < -0.3 is 14.8 Å². The summed E-state index contributed by atoms with van der Waals surface area (Å²) in [7, 11) is 2.43. The lowest BCUT2D eigenvalue weighted by atomic mass is 10.0. The first-order valence-corrected chi connectivity index (χ1v) is 13.9. The molecule has 3 aromatic rings. The first-order valence-electron chi connectivity index (χ1n) is 12.6. The zero-order chi connectivity index (χ0) is 28.1. The molecule has 206 valence electrons. The highest BCUT2D eigenvalue weighted by atomic mass is 32.2. The molecule has 1 fully saturated rings. The maximum atomic E-state index is 13.6. The summed E-state index contributed by atoms with van der Waals surface area (Å²) in [6.45, 7) is 5.21. The molecule has 1 amide bonds. The number of hydrogen-bond donors (Lipinski definition) is 1. The van der Waals surface area contributed by atoms with Gasteiger partial charge in [-0.15, -0.1) is 16.9 Å². The summed E-state index contributed by atoms with van der Waals surface area (Å²) in [6, 6.07) is 15.1. The van der Waals surface area contributed by atoms with E-state index in [-0.39, 0.29) is 17.3 Å². The van der Waals surface area contributed by atoms with E-state index in [2.05, 4.69) is 58.6 Å². The van der Waals surface area contributed by atoms with Crippen molar-refractivity contribution >= 4 is 35.3 Å². The van der Waals surface area contributed by atoms with Crippen LogP contribution in [0.15, 0.2) is 53.4 Å². The van der Waals surface area contributed by atoms with Crippen LogP contribution in [0.4, 0.5) is 5.69 Å². The number of amides is 1. The van der Waals surface area contributed by atoms with Crippen LogP contribution in [0.3, 0.4) is 0 Å². The van der Waals surface area contributed by atoms with Crippen LogP contribution >= 0.6 is 11.8 Å². The van der Waals surface area contributed by atoms with E-state index in [1.165, 1.54) is 24.5 Å². The van der Waals surface area contributed by atoms with E-state index in [1.807, 2.05) is 30.5 Å². The highest BCUT2D eigenvalue weighted by Gasteiger charge is 2.41. The maximum Gasteiger partial charge on any atom is 0.361 e. The third-order valence-corrected chi connectivity index (χ3v) is 7.58. The summed E-state index contributed by atoms with van der Waals surface area (Å²) in [5, 5.41) is 11.1. The van der Waals surface area contributed by atoms with Crippen LogP contribution < -0.4 is 5.32 Å². The third kappa shape index (κ3) is 6.31. The molecule has 0 saturated carbocycles. The van der Waals surface area contributed by atoms with Gasteiger partial charge in [-0.1, -0.05) is 49.4 Å². The Labute approximate surface area is 232 Å². The van der Waals surface area contributed by atoms with Crippen molar-refractivity contribution in [2.45, 2.75) is 49.7 Å². The number of methoxy groups -OCH3 is 2. The Kier molecular flexibility index (Phi) is 9.03. The number of esters is 2. The summed E-state index contributed by atoms with van der Waals surface area (Å²) >= 11 is 1.60. The fourth-order valence-electron chi connectivity index (χ4n) is 4.74. The number of thioether (sulfide) groups is 1. The Bertz CT molecular complexity index is 1340. The number of aromatic nitrogens is 3. The molecule has 0 unspecified atom stereocenters. The molecule has 1 aliphatic rings. The topological polar surface area (TPSA) is 116 Å². The molecular weight excluding hydrogens is 518 g/mol. The molecule has 2 heterocycles. The number of likely N-dealkylation sites (tertiary alicyclic amines) is 1. The fraction of sp³-hybridized carbons (Fsp3) is 0.393. The van der Waals surface area contributed by atoms with Crippen LogP contribution in [0.1, 0.15) is 64.3 Å². The first kappa shape index (κ1) is 28.3. The van der Waals surface area contributed by atoms with Gasteiger partial charge in [0.05, 0.1) is 26.3 Å². The van der Waals surface area contributed by atoms with Crippen molar-refractivity contribution in [3.05, 3.63) is 71.0 Å². The number of rotatable bonds is 9. The van der Waals surface area contributed by atoms with E-state index in [4.69, 9.17) is 9.47 Å². The summed E-state index contributed by atoms with van der Waals surface area (Å²) in [6.07, 6.45) is 2.33.